The number of hydrogen-bond donors (Lipinski definition) is 0. The molecule has 1 spiro atoms. The molecule has 2 fully saturated rings. The van der Waals surface area contributed by atoms with Gasteiger partial charge in [-0.3, -0.25) is 4.90 Å². The number of rotatable bonds is 0. The van der Waals surface area contributed by atoms with Gasteiger partial charge in [0, 0.05) is 19.1 Å². The fraction of sp³-hybridized carbons (Fsp3) is 0.500. The van der Waals surface area contributed by atoms with Crippen LogP contribution in [0.25, 0.3) is 0 Å². The average molecular weight is 269 g/mol. The fourth-order valence-corrected chi connectivity index (χ4v) is 4.96. The molecule has 4 heteroatoms. The van der Waals surface area contributed by atoms with E-state index in [1.54, 1.807) is 0 Å². The highest BCUT2D eigenvalue weighted by molar-refractivity contribution is 5.57. The molecule has 0 radical (unpaired) electrons. The Balaban J connectivity index is 1.66. The first kappa shape index (κ1) is 10.2. The van der Waals surface area contributed by atoms with E-state index in [1.165, 1.54) is 11.1 Å². The second-order valence-corrected chi connectivity index (χ2v) is 6.50. The molecule has 1 aliphatic carbocycles. The van der Waals surface area contributed by atoms with E-state index in [-0.39, 0.29) is 5.41 Å². The normalized spacial score (nSPS) is 44.8. The molecule has 20 heavy (non-hydrogen) atoms. The Labute approximate surface area is 116 Å². The number of ether oxygens (including phenoxy) is 3. The SMILES string of the molecule is C1=CC23c4cc5c(cc4CN4C[C@@H]2O[C@H]1C[C@@H]43)OCO5. The van der Waals surface area contributed by atoms with Crippen molar-refractivity contribution in [3.63, 3.8) is 0 Å². The molecule has 5 aliphatic heterocycles. The second-order valence-electron chi connectivity index (χ2n) is 6.50. The number of fused-ring (bicyclic) bond motifs is 2. The molecule has 5 heterocycles. The van der Waals surface area contributed by atoms with E-state index in [0.717, 1.165) is 31.0 Å². The molecule has 0 N–H and O–H groups in total. The van der Waals surface area contributed by atoms with Crippen LogP contribution in [0.4, 0.5) is 0 Å². The van der Waals surface area contributed by atoms with Gasteiger partial charge in [0.2, 0.25) is 6.79 Å². The summed E-state index contributed by atoms with van der Waals surface area (Å²) in [5, 5.41) is 0. The van der Waals surface area contributed by atoms with Gasteiger partial charge >= 0.3 is 0 Å². The van der Waals surface area contributed by atoms with Crippen LogP contribution in [0.5, 0.6) is 11.5 Å². The van der Waals surface area contributed by atoms with Crippen molar-refractivity contribution in [2.75, 3.05) is 13.3 Å². The Morgan fingerprint density at radius 2 is 2.10 bits per heavy atom. The van der Waals surface area contributed by atoms with E-state index in [9.17, 15) is 0 Å². The average Bonchev–Trinajstić information content (AvgIpc) is 2.95. The van der Waals surface area contributed by atoms with Gasteiger partial charge in [0.25, 0.3) is 0 Å². The van der Waals surface area contributed by atoms with E-state index >= 15 is 0 Å². The molecule has 6 aliphatic rings. The molecule has 4 nitrogen and oxygen atoms in total. The Bertz CT molecular complexity index is 670. The van der Waals surface area contributed by atoms with E-state index in [0.29, 0.717) is 25.0 Å². The van der Waals surface area contributed by atoms with E-state index in [4.69, 9.17) is 14.2 Å². The molecule has 1 aromatic rings. The zero-order valence-corrected chi connectivity index (χ0v) is 11.0. The molecule has 5 atom stereocenters. The summed E-state index contributed by atoms with van der Waals surface area (Å²) in [6.07, 6.45) is 6.43. The Morgan fingerprint density at radius 1 is 1.20 bits per heavy atom. The van der Waals surface area contributed by atoms with Crippen LogP contribution >= 0.6 is 0 Å². The van der Waals surface area contributed by atoms with Gasteiger partial charge in [-0.15, -0.1) is 0 Å². The van der Waals surface area contributed by atoms with Crippen molar-refractivity contribution in [2.24, 2.45) is 0 Å². The third kappa shape index (κ3) is 0.950. The molecule has 5 bridgehead atoms. The molecule has 0 saturated carbocycles. The van der Waals surface area contributed by atoms with Crippen molar-refractivity contribution >= 4 is 0 Å². The Hall–Kier alpha value is -1.52. The predicted molar refractivity (Wildman–Crippen MR) is 70.9 cm³/mol. The molecule has 1 aromatic carbocycles. The maximum absolute atomic E-state index is 6.26. The second kappa shape index (κ2) is 3.05. The molecule has 2 unspecified atom stereocenters. The van der Waals surface area contributed by atoms with Gasteiger partial charge in [-0.2, -0.15) is 0 Å². The maximum Gasteiger partial charge on any atom is 0.231 e. The number of hydrogen-bond acceptors (Lipinski definition) is 4. The summed E-state index contributed by atoms with van der Waals surface area (Å²) < 4.78 is 17.4. The Kier molecular flexibility index (Phi) is 1.56. The summed E-state index contributed by atoms with van der Waals surface area (Å²) >= 11 is 0. The lowest BCUT2D eigenvalue weighted by atomic mass is 9.63. The van der Waals surface area contributed by atoms with Crippen molar-refractivity contribution in [3.8, 4) is 11.5 Å². The molecule has 0 amide bonds. The lowest BCUT2D eigenvalue weighted by molar-refractivity contribution is -0.0561. The molecule has 102 valence electrons. The topological polar surface area (TPSA) is 30.9 Å². The highest BCUT2D eigenvalue weighted by Crippen LogP contribution is 2.57. The van der Waals surface area contributed by atoms with Crippen LogP contribution < -0.4 is 9.47 Å². The van der Waals surface area contributed by atoms with Gasteiger partial charge in [0.05, 0.1) is 17.6 Å². The first-order valence-corrected chi connectivity index (χ1v) is 7.36. The van der Waals surface area contributed by atoms with Gasteiger partial charge in [0.15, 0.2) is 11.5 Å². The zero-order valence-electron chi connectivity index (χ0n) is 11.0. The van der Waals surface area contributed by atoms with E-state index in [2.05, 4.69) is 29.2 Å². The van der Waals surface area contributed by atoms with Gasteiger partial charge in [0.1, 0.15) is 0 Å². The van der Waals surface area contributed by atoms with Crippen LogP contribution in [-0.2, 0) is 16.7 Å². The van der Waals surface area contributed by atoms with Crippen LogP contribution in [0.2, 0.25) is 0 Å². The molecular weight excluding hydrogens is 254 g/mol. The van der Waals surface area contributed by atoms with E-state index < -0.39 is 0 Å². The lowest BCUT2D eigenvalue weighted by Crippen LogP contribution is -2.57. The first-order valence-electron chi connectivity index (χ1n) is 7.36. The zero-order chi connectivity index (χ0) is 12.9. The van der Waals surface area contributed by atoms with Crippen LogP contribution in [0.15, 0.2) is 24.3 Å². The van der Waals surface area contributed by atoms with Crippen LogP contribution in [0.3, 0.4) is 0 Å². The molecule has 2 saturated heterocycles. The quantitative estimate of drug-likeness (QED) is 0.669. The van der Waals surface area contributed by atoms with Crippen LogP contribution in [0.1, 0.15) is 17.5 Å². The smallest absolute Gasteiger partial charge is 0.231 e. The fourth-order valence-electron chi connectivity index (χ4n) is 4.96. The molecule has 0 aromatic heterocycles. The monoisotopic (exact) mass is 269 g/mol. The summed E-state index contributed by atoms with van der Waals surface area (Å²) in [5.41, 5.74) is 2.82. The summed E-state index contributed by atoms with van der Waals surface area (Å²) in [4.78, 5) is 2.60. The minimum Gasteiger partial charge on any atom is -0.454 e. The largest absolute Gasteiger partial charge is 0.454 e. The lowest BCUT2D eigenvalue weighted by Gasteiger charge is -2.51. The van der Waals surface area contributed by atoms with Crippen molar-refractivity contribution in [1.29, 1.82) is 0 Å². The molecule has 7 rings (SSSR count). The highest BCUT2D eigenvalue weighted by Gasteiger charge is 2.63. The summed E-state index contributed by atoms with van der Waals surface area (Å²) in [6, 6.07) is 4.98. The van der Waals surface area contributed by atoms with Gasteiger partial charge in [-0.05, 0) is 29.7 Å². The van der Waals surface area contributed by atoms with Crippen molar-refractivity contribution in [1.82, 2.24) is 4.90 Å². The number of nitrogens with zero attached hydrogens (tertiary/aromatic N) is 1. The standard InChI is InChI=1S/C16H15NO3/c1-2-16-11-5-13-12(18-8-19-13)3-9(11)6-17-7-15(16)20-10(1)4-14(16)17/h1-3,5,10,14-15H,4,6-8H2/t10-,14-,15+,16?/m1/s1. The number of benzene rings is 1. The van der Waals surface area contributed by atoms with E-state index in [1.807, 2.05) is 0 Å². The van der Waals surface area contributed by atoms with Crippen LogP contribution in [-0.4, -0.2) is 36.5 Å². The molecular formula is C16H15NO3. The highest BCUT2D eigenvalue weighted by atomic mass is 16.7. The van der Waals surface area contributed by atoms with Crippen molar-refractivity contribution < 1.29 is 14.2 Å². The third-order valence-corrected chi connectivity index (χ3v) is 5.74. The third-order valence-electron chi connectivity index (χ3n) is 5.74. The predicted octanol–water partition coefficient (Wildman–Crippen LogP) is 1.58. The Morgan fingerprint density at radius 3 is 3.05 bits per heavy atom. The summed E-state index contributed by atoms with van der Waals surface area (Å²) in [5.74, 6) is 1.79. The summed E-state index contributed by atoms with van der Waals surface area (Å²) in [7, 11) is 0. The van der Waals surface area contributed by atoms with Gasteiger partial charge < -0.3 is 14.2 Å². The summed E-state index contributed by atoms with van der Waals surface area (Å²) in [6.45, 7) is 2.40. The van der Waals surface area contributed by atoms with Crippen LogP contribution in [0, 0.1) is 0 Å². The van der Waals surface area contributed by atoms with Crippen molar-refractivity contribution in [2.45, 2.75) is 36.6 Å². The first-order chi connectivity index (χ1) is 9.84. The van der Waals surface area contributed by atoms with Gasteiger partial charge in [-0.25, -0.2) is 0 Å². The van der Waals surface area contributed by atoms with Gasteiger partial charge in [-0.1, -0.05) is 12.2 Å². The van der Waals surface area contributed by atoms with Crippen molar-refractivity contribution in [3.05, 3.63) is 35.4 Å². The maximum atomic E-state index is 6.26. The minimum absolute atomic E-state index is 0.0450. The minimum atomic E-state index is 0.0450.